The summed E-state index contributed by atoms with van der Waals surface area (Å²) >= 11 is 0. The fraction of sp³-hybridized carbons (Fsp3) is 0.103. The van der Waals surface area contributed by atoms with Gasteiger partial charge in [-0.15, -0.1) is 0 Å². The van der Waals surface area contributed by atoms with Crippen LogP contribution in [0.3, 0.4) is 0 Å². The largest absolute Gasteiger partial charge is 0.504 e. The highest BCUT2D eigenvalue weighted by atomic mass is 16.5. The Morgan fingerprint density at radius 3 is 1.72 bits per heavy atom. The molecule has 0 unspecified atom stereocenters. The van der Waals surface area contributed by atoms with Crippen molar-refractivity contribution in [3.05, 3.63) is 119 Å². The molecule has 1 aromatic heterocycles. The first kappa shape index (κ1) is 39.9. The second-order valence-corrected chi connectivity index (χ2v) is 11.9. The first-order chi connectivity index (χ1) is 27.3. The zero-order chi connectivity index (χ0) is 41.2. The van der Waals surface area contributed by atoms with E-state index in [0.717, 1.165) is 13.2 Å². The lowest BCUT2D eigenvalue weighted by atomic mass is 10.1. The Balaban J connectivity index is 1.20. The number of aromatic nitrogens is 1. The molecule has 0 saturated carbocycles. The molecule has 0 bridgehead atoms. The molecule has 5 rings (SSSR count). The van der Waals surface area contributed by atoms with Crippen molar-refractivity contribution in [3.8, 4) is 29.1 Å². The maximum absolute atomic E-state index is 13.1. The van der Waals surface area contributed by atoms with Crippen LogP contribution in [0.25, 0.3) is 0 Å². The third kappa shape index (κ3) is 9.25. The fourth-order valence-electron chi connectivity index (χ4n) is 5.34. The second kappa shape index (κ2) is 17.7. The summed E-state index contributed by atoms with van der Waals surface area (Å²) in [5.74, 6) is -6.64. The minimum absolute atomic E-state index is 0.0129. The van der Waals surface area contributed by atoms with E-state index in [4.69, 9.17) is 9.47 Å². The van der Waals surface area contributed by atoms with Crippen LogP contribution in [0.1, 0.15) is 58.3 Å². The van der Waals surface area contributed by atoms with Gasteiger partial charge in [-0.3, -0.25) is 24.0 Å². The predicted molar refractivity (Wildman–Crippen MR) is 204 cm³/mol. The molecule has 290 valence electrons. The van der Waals surface area contributed by atoms with E-state index in [9.17, 15) is 49.3 Å². The number of carbonyl (C=O) groups is 6. The van der Waals surface area contributed by atoms with Crippen molar-refractivity contribution >= 4 is 58.3 Å². The van der Waals surface area contributed by atoms with Gasteiger partial charge in [0.1, 0.15) is 17.3 Å². The zero-order valence-corrected chi connectivity index (χ0v) is 30.0. The molecule has 0 spiro atoms. The van der Waals surface area contributed by atoms with E-state index in [1.165, 1.54) is 73.8 Å². The molecule has 0 aliphatic heterocycles. The van der Waals surface area contributed by atoms with Crippen LogP contribution in [0.15, 0.2) is 91.1 Å². The Bertz CT molecular complexity index is 2390. The van der Waals surface area contributed by atoms with Gasteiger partial charge in [0.25, 0.3) is 23.6 Å². The van der Waals surface area contributed by atoms with E-state index in [0.29, 0.717) is 11.4 Å². The average molecular weight is 776 g/mol. The topological polar surface area (TPSA) is 281 Å². The van der Waals surface area contributed by atoms with Crippen molar-refractivity contribution in [1.29, 1.82) is 5.26 Å². The molecule has 0 aliphatic rings. The highest BCUT2D eigenvalue weighted by Gasteiger charge is 2.25. The summed E-state index contributed by atoms with van der Waals surface area (Å²) < 4.78 is 10.3. The molecule has 0 saturated heterocycles. The number of H-pyrrole nitrogens is 1. The van der Waals surface area contributed by atoms with Crippen molar-refractivity contribution in [2.24, 2.45) is 0 Å². The van der Waals surface area contributed by atoms with E-state index in [1.807, 2.05) is 6.07 Å². The molecule has 5 amide bonds. The lowest BCUT2D eigenvalue weighted by Crippen LogP contribution is -2.43. The van der Waals surface area contributed by atoms with Crippen molar-refractivity contribution in [1.82, 2.24) is 10.3 Å². The number of nitrogens with zero attached hydrogens (tertiary/aromatic N) is 1. The van der Waals surface area contributed by atoms with Gasteiger partial charge < -0.3 is 56.4 Å². The van der Waals surface area contributed by atoms with Crippen molar-refractivity contribution in [3.63, 3.8) is 0 Å². The first-order valence-electron chi connectivity index (χ1n) is 16.6. The van der Waals surface area contributed by atoms with Gasteiger partial charge in [-0.1, -0.05) is 0 Å². The molecule has 57 heavy (non-hydrogen) atoms. The number of hydrogen-bond acceptors (Lipinski definition) is 11. The summed E-state index contributed by atoms with van der Waals surface area (Å²) in [4.78, 5) is 78.6. The van der Waals surface area contributed by atoms with Gasteiger partial charge >= 0.3 is 5.97 Å². The SMILES string of the molecule is COc1c(NC(=O)c2ccc(NC(=O)c3ccc(NC(=O)[C@H](CC#N)NC(=O)c4ccc(NC(=O)c5ccc[nH]5)cc4)cc3)c(OC)c2O)ccc(C(=O)O)c1O. The number of nitrogens with one attached hydrogen (secondary N) is 6. The standard InChI is InChI=1S/C39H33N7O11/c1-56-32-26(15-13-24(30(32)47)36(51)45-27-16-14-25(39(54)55)31(48)33(27)57-2)44-34(49)20-5-11-23(12-6-20)43-38(53)29(17-18-40)46-35(50)21-7-9-22(10-8-21)42-37(52)28-4-3-19-41-28/h3-16,19,29,41,47-48H,17H2,1-2H3,(H,42,52)(H,43,53)(H,44,49)(H,45,51)(H,46,50)(H,54,55)/t29-/m0/s1. The van der Waals surface area contributed by atoms with E-state index >= 15 is 0 Å². The Hall–Kier alpha value is -8.33. The molecule has 5 aromatic rings. The molecule has 18 heteroatoms. The molecule has 9 N–H and O–H groups in total. The second-order valence-electron chi connectivity index (χ2n) is 11.9. The summed E-state index contributed by atoms with van der Waals surface area (Å²) in [5.41, 5.74) is 0.445. The van der Waals surface area contributed by atoms with Crippen LogP contribution in [-0.2, 0) is 4.79 Å². The van der Waals surface area contributed by atoms with Gasteiger partial charge in [0.15, 0.2) is 23.0 Å². The quantitative estimate of drug-likeness (QED) is 0.0751. The van der Waals surface area contributed by atoms with Crippen LogP contribution < -0.4 is 36.1 Å². The van der Waals surface area contributed by atoms with Crippen molar-refractivity contribution in [2.75, 3.05) is 35.5 Å². The number of amides is 5. The van der Waals surface area contributed by atoms with Crippen LogP contribution in [-0.4, -0.2) is 76.1 Å². The number of hydrogen-bond donors (Lipinski definition) is 9. The van der Waals surface area contributed by atoms with Gasteiger partial charge in [0.05, 0.1) is 43.6 Å². The van der Waals surface area contributed by atoms with Crippen LogP contribution in [0, 0.1) is 11.3 Å². The lowest BCUT2D eigenvalue weighted by Gasteiger charge is -2.17. The number of nitriles is 1. The maximum atomic E-state index is 13.1. The predicted octanol–water partition coefficient (Wildman–Crippen LogP) is 4.55. The minimum Gasteiger partial charge on any atom is -0.504 e. The fourth-order valence-corrected chi connectivity index (χ4v) is 5.34. The van der Waals surface area contributed by atoms with Crippen LogP contribution >= 0.6 is 0 Å². The molecule has 0 aliphatic carbocycles. The molecule has 4 aromatic carbocycles. The first-order valence-corrected chi connectivity index (χ1v) is 16.6. The Morgan fingerprint density at radius 1 is 0.667 bits per heavy atom. The highest BCUT2D eigenvalue weighted by molar-refractivity contribution is 6.10. The highest BCUT2D eigenvalue weighted by Crippen LogP contribution is 2.40. The number of benzene rings is 4. The number of carbonyl (C=O) groups excluding carboxylic acids is 5. The number of methoxy groups -OCH3 is 2. The number of rotatable bonds is 14. The number of ether oxygens (including phenoxy) is 2. The number of carboxylic acid groups (broad SMARTS) is 1. The third-order valence-corrected chi connectivity index (χ3v) is 8.22. The number of carboxylic acids is 1. The number of phenols is 2. The molecule has 18 nitrogen and oxygen atoms in total. The van der Waals surface area contributed by atoms with E-state index in [1.54, 1.807) is 18.3 Å². The van der Waals surface area contributed by atoms with E-state index in [-0.39, 0.29) is 57.6 Å². The number of anilines is 4. The number of aromatic carboxylic acids is 1. The van der Waals surface area contributed by atoms with Gasteiger partial charge in [0, 0.05) is 28.7 Å². The van der Waals surface area contributed by atoms with Crippen LogP contribution in [0.4, 0.5) is 22.7 Å². The smallest absolute Gasteiger partial charge is 0.339 e. The summed E-state index contributed by atoms with van der Waals surface area (Å²) in [5, 5.41) is 52.5. The average Bonchev–Trinajstić information content (AvgIpc) is 3.74. The molecule has 1 heterocycles. The molecule has 0 fully saturated rings. The normalized spacial score (nSPS) is 10.9. The van der Waals surface area contributed by atoms with Gasteiger partial charge in [-0.2, -0.15) is 5.26 Å². The Morgan fingerprint density at radius 2 is 1.19 bits per heavy atom. The van der Waals surface area contributed by atoms with E-state index < -0.39 is 52.7 Å². The van der Waals surface area contributed by atoms with Gasteiger partial charge in [0.2, 0.25) is 5.91 Å². The Kier molecular flexibility index (Phi) is 12.4. The van der Waals surface area contributed by atoms with Crippen molar-refractivity contribution < 1.29 is 53.6 Å². The molecular weight excluding hydrogens is 742 g/mol. The van der Waals surface area contributed by atoms with Crippen LogP contribution in [0.5, 0.6) is 23.0 Å². The molecular formula is C39H33N7O11. The molecule has 1 atom stereocenters. The summed E-state index contributed by atoms with van der Waals surface area (Å²) in [7, 11) is 2.36. The summed E-state index contributed by atoms with van der Waals surface area (Å²) in [6.45, 7) is 0. The Labute approximate surface area is 323 Å². The minimum atomic E-state index is -1.42. The number of aromatic hydroxyl groups is 2. The lowest BCUT2D eigenvalue weighted by molar-refractivity contribution is -0.117. The molecule has 0 radical (unpaired) electrons. The number of phenolic OH excluding ortho intramolecular Hbond substituents is 1. The van der Waals surface area contributed by atoms with Gasteiger partial charge in [-0.25, -0.2) is 4.79 Å². The van der Waals surface area contributed by atoms with Crippen LogP contribution in [0.2, 0.25) is 0 Å². The maximum Gasteiger partial charge on any atom is 0.339 e. The monoisotopic (exact) mass is 775 g/mol. The summed E-state index contributed by atoms with van der Waals surface area (Å²) in [6, 6.07) is 20.2. The summed E-state index contributed by atoms with van der Waals surface area (Å²) in [6.07, 6.45) is 1.26. The van der Waals surface area contributed by atoms with Gasteiger partial charge in [-0.05, 0) is 84.9 Å². The number of aromatic amines is 1. The van der Waals surface area contributed by atoms with Crippen molar-refractivity contribution in [2.45, 2.75) is 12.5 Å². The zero-order valence-electron chi connectivity index (χ0n) is 30.0. The van der Waals surface area contributed by atoms with E-state index in [2.05, 4.69) is 31.6 Å². The third-order valence-electron chi connectivity index (χ3n) is 8.22.